The van der Waals surface area contributed by atoms with Crippen molar-refractivity contribution >= 4 is 23.4 Å². The van der Waals surface area contributed by atoms with E-state index < -0.39 is 0 Å². The van der Waals surface area contributed by atoms with E-state index in [0.29, 0.717) is 19.0 Å². The van der Waals surface area contributed by atoms with Gasteiger partial charge in [-0.05, 0) is 24.6 Å². The van der Waals surface area contributed by atoms with Crippen LogP contribution in [0.25, 0.3) is 0 Å². The molecule has 0 spiro atoms. The molecule has 1 aromatic rings. The van der Waals surface area contributed by atoms with Crippen molar-refractivity contribution in [1.29, 1.82) is 0 Å². The molecule has 1 aliphatic heterocycles. The summed E-state index contributed by atoms with van der Waals surface area (Å²) in [4.78, 5) is 6.77. The molecule has 0 aliphatic carbocycles. The number of nitrogens with two attached hydrogens (primary N) is 1. The molecule has 0 amide bonds. The first-order chi connectivity index (χ1) is 10.1. The highest BCUT2D eigenvalue weighted by atomic mass is 32.2. The summed E-state index contributed by atoms with van der Waals surface area (Å²) in [5.41, 5.74) is 9.32. The lowest BCUT2D eigenvalue weighted by Crippen LogP contribution is -2.32. The Bertz CT molecular complexity index is 490. The van der Waals surface area contributed by atoms with E-state index in [2.05, 4.69) is 46.1 Å². The Hall–Kier alpha value is -1.62. The molecule has 1 fully saturated rings. The van der Waals surface area contributed by atoms with Gasteiger partial charge in [0.25, 0.3) is 0 Å². The summed E-state index contributed by atoms with van der Waals surface area (Å²) in [6.45, 7) is 9.32. The van der Waals surface area contributed by atoms with Gasteiger partial charge < -0.3 is 16.0 Å². The van der Waals surface area contributed by atoms with Gasteiger partial charge in [-0.2, -0.15) is 11.8 Å². The average Bonchev–Trinajstić information content (AvgIpc) is 2.52. The topological polar surface area (TPSA) is 53.6 Å². The maximum absolute atomic E-state index is 5.80. The number of guanidine groups is 1. The molecule has 4 nitrogen and oxygen atoms in total. The van der Waals surface area contributed by atoms with Crippen molar-refractivity contribution in [2.24, 2.45) is 10.7 Å². The average molecular weight is 304 g/mol. The number of nitrogens with zero attached hydrogens (tertiary/aromatic N) is 2. The molecule has 114 valence electrons. The number of anilines is 1. The molecular weight excluding hydrogens is 280 g/mol. The normalized spacial score (nSPS) is 15.9. The minimum atomic E-state index is 0.468. The van der Waals surface area contributed by atoms with Crippen molar-refractivity contribution in [3.05, 3.63) is 42.0 Å². The highest BCUT2D eigenvalue weighted by Crippen LogP contribution is 2.20. The number of rotatable bonds is 5. The van der Waals surface area contributed by atoms with Gasteiger partial charge in [-0.3, -0.25) is 0 Å². The van der Waals surface area contributed by atoms with Crippen molar-refractivity contribution < 1.29 is 0 Å². The summed E-state index contributed by atoms with van der Waals surface area (Å²) in [5, 5.41) is 3.03. The lowest BCUT2D eigenvalue weighted by Gasteiger charge is -2.28. The molecule has 1 aliphatic rings. The van der Waals surface area contributed by atoms with E-state index in [-0.39, 0.29) is 0 Å². The number of hydrogen-bond donors (Lipinski definition) is 2. The third-order valence-electron chi connectivity index (χ3n) is 3.32. The SMILES string of the molecule is C=C(C)CNC(N)=NCc1ccc(N2CCSCC2)cc1. The van der Waals surface area contributed by atoms with E-state index in [1.54, 1.807) is 0 Å². The van der Waals surface area contributed by atoms with Crippen LogP contribution in [0.15, 0.2) is 41.4 Å². The van der Waals surface area contributed by atoms with Crippen LogP contribution in [0.5, 0.6) is 0 Å². The summed E-state index contributed by atoms with van der Waals surface area (Å²) < 4.78 is 0. The minimum Gasteiger partial charge on any atom is -0.370 e. The fourth-order valence-electron chi connectivity index (χ4n) is 2.11. The standard InChI is InChI=1S/C16H24N4S/c1-13(2)11-18-16(17)19-12-14-3-5-15(6-4-14)20-7-9-21-10-8-20/h3-6H,1,7-12H2,2H3,(H3,17,18,19). The number of hydrogen-bond acceptors (Lipinski definition) is 3. The smallest absolute Gasteiger partial charge is 0.189 e. The highest BCUT2D eigenvalue weighted by Gasteiger charge is 2.10. The van der Waals surface area contributed by atoms with Gasteiger partial charge >= 0.3 is 0 Å². The Balaban J connectivity index is 1.87. The number of aliphatic imine (C=N–C) groups is 1. The largest absolute Gasteiger partial charge is 0.370 e. The first-order valence-corrected chi connectivity index (χ1v) is 8.40. The Morgan fingerprint density at radius 3 is 2.62 bits per heavy atom. The predicted molar refractivity (Wildman–Crippen MR) is 94.1 cm³/mol. The van der Waals surface area contributed by atoms with E-state index in [1.165, 1.54) is 22.8 Å². The minimum absolute atomic E-state index is 0.468. The third kappa shape index (κ3) is 5.34. The Morgan fingerprint density at radius 1 is 1.33 bits per heavy atom. The zero-order valence-electron chi connectivity index (χ0n) is 12.6. The van der Waals surface area contributed by atoms with Crippen LogP contribution in [-0.4, -0.2) is 37.1 Å². The highest BCUT2D eigenvalue weighted by molar-refractivity contribution is 7.99. The van der Waals surface area contributed by atoms with Gasteiger partial charge in [-0.15, -0.1) is 0 Å². The lowest BCUT2D eigenvalue weighted by atomic mass is 10.2. The monoisotopic (exact) mass is 304 g/mol. The number of thioether (sulfide) groups is 1. The number of nitrogens with one attached hydrogen (secondary N) is 1. The molecule has 0 bridgehead atoms. The molecule has 21 heavy (non-hydrogen) atoms. The molecule has 0 radical (unpaired) electrons. The second kappa shape index (κ2) is 7.98. The van der Waals surface area contributed by atoms with Gasteiger partial charge in [0.15, 0.2) is 5.96 Å². The molecule has 1 saturated heterocycles. The van der Waals surface area contributed by atoms with Crippen LogP contribution < -0.4 is 16.0 Å². The second-order valence-electron chi connectivity index (χ2n) is 5.28. The molecule has 2 rings (SSSR count). The molecule has 0 aromatic heterocycles. The van der Waals surface area contributed by atoms with Crippen molar-refractivity contribution in [2.75, 3.05) is 36.0 Å². The summed E-state index contributed by atoms with van der Waals surface area (Å²) in [7, 11) is 0. The zero-order valence-corrected chi connectivity index (χ0v) is 13.5. The molecule has 5 heteroatoms. The molecule has 1 aromatic carbocycles. The van der Waals surface area contributed by atoms with Gasteiger partial charge in [-0.1, -0.05) is 24.3 Å². The van der Waals surface area contributed by atoms with Crippen LogP contribution in [0.4, 0.5) is 5.69 Å². The second-order valence-corrected chi connectivity index (χ2v) is 6.50. The van der Waals surface area contributed by atoms with Crippen LogP contribution in [0.1, 0.15) is 12.5 Å². The van der Waals surface area contributed by atoms with E-state index >= 15 is 0 Å². The number of benzene rings is 1. The first-order valence-electron chi connectivity index (χ1n) is 7.25. The molecule has 0 saturated carbocycles. The summed E-state index contributed by atoms with van der Waals surface area (Å²) in [5.74, 6) is 2.91. The van der Waals surface area contributed by atoms with Crippen LogP contribution in [0.2, 0.25) is 0 Å². The van der Waals surface area contributed by atoms with Crippen LogP contribution in [0, 0.1) is 0 Å². The molecule has 0 unspecified atom stereocenters. The van der Waals surface area contributed by atoms with Crippen LogP contribution in [-0.2, 0) is 6.54 Å². The van der Waals surface area contributed by atoms with Gasteiger partial charge in [0.2, 0.25) is 0 Å². The van der Waals surface area contributed by atoms with Gasteiger partial charge in [-0.25, -0.2) is 4.99 Å². The van der Waals surface area contributed by atoms with Gasteiger partial charge in [0, 0.05) is 36.8 Å². The Kier molecular flexibility index (Phi) is 5.99. The zero-order chi connectivity index (χ0) is 15.1. The summed E-state index contributed by atoms with van der Waals surface area (Å²) in [6, 6.07) is 8.62. The van der Waals surface area contributed by atoms with Crippen molar-refractivity contribution in [3.63, 3.8) is 0 Å². The fraction of sp³-hybridized carbons (Fsp3) is 0.438. The molecular formula is C16H24N4S. The van der Waals surface area contributed by atoms with Crippen molar-refractivity contribution in [3.8, 4) is 0 Å². The quantitative estimate of drug-likeness (QED) is 0.497. The van der Waals surface area contributed by atoms with Crippen molar-refractivity contribution in [1.82, 2.24) is 5.32 Å². The van der Waals surface area contributed by atoms with Crippen LogP contribution in [0.3, 0.4) is 0 Å². The van der Waals surface area contributed by atoms with Crippen molar-refractivity contribution in [2.45, 2.75) is 13.5 Å². The van der Waals surface area contributed by atoms with Gasteiger partial charge in [0.05, 0.1) is 6.54 Å². The van der Waals surface area contributed by atoms with E-state index in [0.717, 1.165) is 18.7 Å². The lowest BCUT2D eigenvalue weighted by molar-refractivity contribution is 0.858. The maximum atomic E-state index is 5.80. The first kappa shape index (κ1) is 15.8. The van der Waals surface area contributed by atoms with Crippen LogP contribution >= 0.6 is 11.8 Å². The summed E-state index contributed by atoms with van der Waals surface area (Å²) in [6.07, 6.45) is 0. The maximum Gasteiger partial charge on any atom is 0.189 e. The fourth-order valence-corrected chi connectivity index (χ4v) is 3.01. The van der Waals surface area contributed by atoms with E-state index in [4.69, 9.17) is 5.73 Å². The third-order valence-corrected chi connectivity index (χ3v) is 4.26. The van der Waals surface area contributed by atoms with Gasteiger partial charge in [0.1, 0.15) is 0 Å². The molecule has 0 atom stereocenters. The van der Waals surface area contributed by atoms with E-state index in [1.807, 2.05) is 18.7 Å². The molecule has 3 N–H and O–H groups in total. The Morgan fingerprint density at radius 2 is 2.00 bits per heavy atom. The van der Waals surface area contributed by atoms with E-state index in [9.17, 15) is 0 Å². The predicted octanol–water partition coefficient (Wildman–Crippen LogP) is 2.22. The molecule has 1 heterocycles. The Labute approximate surface area is 131 Å². The summed E-state index contributed by atoms with van der Waals surface area (Å²) >= 11 is 2.03.